The Hall–Kier alpha value is -2.09. The number of alkyl halides is 1. The van der Waals surface area contributed by atoms with Gasteiger partial charge in [-0.05, 0) is 17.7 Å². The Balaban J connectivity index is 2.16. The van der Waals surface area contributed by atoms with Crippen molar-refractivity contribution in [1.82, 2.24) is 15.0 Å². The molecule has 1 unspecified atom stereocenters. The van der Waals surface area contributed by atoms with Crippen LogP contribution >= 0.6 is 0 Å². The van der Waals surface area contributed by atoms with E-state index in [1.54, 1.807) is 24.3 Å². The normalized spacial score (nSPS) is 13.7. The summed E-state index contributed by atoms with van der Waals surface area (Å²) in [6, 6.07) is 5.75. The molecular formula is C11H12FN5OS. The van der Waals surface area contributed by atoms with Crippen molar-refractivity contribution in [3.05, 3.63) is 42.5 Å². The van der Waals surface area contributed by atoms with Crippen molar-refractivity contribution in [1.29, 1.82) is 4.78 Å². The molecule has 19 heavy (non-hydrogen) atoms. The summed E-state index contributed by atoms with van der Waals surface area (Å²) in [7, 11) is -3.20. The van der Waals surface area contributed by atoms with Gasteiger partial charge < -0.3 is 5.32 Å². The second kappa shape index (κ2) is 5.70. The minimum absolute atomic E-state index is 0.115. The molecule has 1 aromatic carbocycles. The quantitative estimate of drug-likeness (QED) is 0.875. The summed E-state index contributed by atoms with van der Waals surface area (Å²) in [4.78, 5) is 11.5. The summed E-state index contributed by atoms with van der Waals surface area (Å²) in [6.45, 7) is 0. The smallest absolute Gasteiger partial charge is 0.230 e. The van der Waals surface area contributed by atoms with Crippen LogP contribution in [0.5, 0.6) is 0 Å². The molecular weight excluding hydrogens is 269 g/mol. The molecule has 100 valence electrons. The molecule has 0 saturated heterocycles. The fraction of sp³-hybridized carbons (Fsp3) is 0.182. The van der Waals surface area contributed by atoms with Gasteiger partial charge in [-0.3, -0.25) is 4.78 Å². The van der Waals surface area contributed by atoms with Crippen LogP contribution in [-0.4, -0.2) is 25.2 Å². The minimum Gasteiger partial charge on any atom is -0.324 e. The van der Waals surface area contributed by atoms with E-state index < -0.39 is 15.7 Å². The highest BCUT2D eigenvalue weighted by Gasteiger charge is 2.07. The van der Waals surface area contributed by atoms with Crippen LogP contribution in [0.15, 0.2) is 36.9 Å². The Bertz CT molecular complexity index is 647. The SMILES string of the molecule is N=S(=O)(CF)Cc1cccc(Nc2ncncn2)c1. The van der Waals surface area contributed by atoms with Gasteiger partial charge in [-0.2, -0.15) is 0 Å². The highest BCUT2D eigenvalue weighted by molar-refractivity contribution is 7.91. The third kappa shape index (κ3) is 3.95. The van der Waals surface area contributed by atoms with Crippen molar-refractivity contribution in [3.63, 3.8) is 0 Å². The first kappa shape index (κ1) is 13.3. The van der Waals surface area contributed by atoms with Crippen molar-refractivity contribution in [2.24, 2.45) is 0 Å². The molecule has 2 rings (SSSR count). The molecule has 2 aromatic rings. The van der Waals surface area contributed by atoms with Crippen molar-refractivity contribution in [2.75, 3.05) is 11.3 Å². The first-order valence-electron chi connectivity index (χ1n) is 5.37. The summed E-state index contributed by atoms with van der Waals surface area (Å²) < 4.78 is 31.1. The van der Waals surface area contributed by atoms with Crippen LogP contribution < -0.4 is 5.32 Å². The topological polar surface area (TPSA) is 91.6 Å². The Kier molecular flexibility index (Phi) is 4.00. The monoisotopic (exact) mass is 281 g/mol. The minimum atomic E-state index is -3.20. The number of nitrogens with one attached hydrogen (secondary N) is 2. The lowest BCUT2D eigenvalue weighted by Crippen LogP contribution is -2.04. The number of halogens is 1. The van der Waals surface area contributed by atoms with E-state index in [1.165, 1.54) is 12.7 Å². The average molecular weight is 281 g/mol. The summed E-state index contributed by atoms with van der Waals surface area (Å²) in [5.74, 6) is 0.264. The van der Waals surface area contributed by atoms with Crippen LogP contribution in [0.3, 0.4) is 0 Å². The molecule has 1 heterocycles. The molecule has 0 radical (unpaired) electrons. The predicted molar refractivity (Wildman–Crippen MR) is 70.1 cm³/mol. The van der Waals surface area contributed by atoms with E-state index in [4.69, 9.17) is 4.78 Å². The van der Waals surface area contributed by atoms with Gasteiger partial charge in [-0.1, -0.05) is 12.1 Å². The molecule has 8 heteroatoms. The highest BCUT2D eigenvalue weighted by atomic mass is 32.2. The van der Waals surface area contributed by atoms with Gasteiger partial charge >= 0.3 is 0 Å². The lowest BCUT2D eigenvalue weighted by atomic mass is 10.2. The molecule has 0 saturated carbocycles. The number of aromatic nitrogens is 3. The molecule has 0 aliphatic heterocycles. The fourth-order valence-corrected chi connectivity index (χ4v) is 2.27. The molecule has 0 aliphatic carbocycles. The van der Waals surface area contributed by atoms with E-state index in [9.17, 15) is 8.60 Å². The maximum absolute atomic E-state index is 12.4. The van der Waals surface area contributed by atoms with Gasteiger partial charge in [0, 0.05) is 5.69 Å². The Morgan fingerprint density at radius 1 is 1.32 bits per heavy atom. The van der Waals surface area contributed by atoms with Gasteiger partial charge in [0.1, 0.15) is 12.7 Å². The third-order valence-electron chi connectivity index (χ3n) is 2.25. The molecule has 0 fully saturated rings. The van der Waals surface area contributed by atoms with Crippen LogP contribution in [-0.2, 0) is 15.5 Å². The maximum atomic E-state index is 12.4. The van der Waals surface area contributed by atoms with Gasteiger partial charge in [0.05, 0.1) is 15.5 Å². The number of anilines is 2. The van der Waals surface area contributed by atoms with Crippen LogP contribution in [0, 0.1) is 4.78 Å². The zero-order valence-corrected chi connectivity index (χ0v) is 10.7. The van der Waals surface area contributed by atoms with Gasteiger partial charge in [-0.15, -0.1) is 0 Å². The summed E-state index contributed by atoms with van der Waals surface area (Å²) in [5, 5.41) is 2.94. The maximum Gasteiger partial charge on any atom is 0.230 e. The molecule has 0 amide bonds. The summed E-state index contributed by atoms with van der Waals surface area (Å²) in [6.07, 6.45) is 2.72. The van der Waals surface area contributed by atoms with E-state index in [2.05, 4.69) is 20.3 Å². The zero-order valence-electron chi connectivity index (χ0n) is 9.91. The Labute approximate surface area is 110 Å². The average Bonchev–Trinajstić information content (AvgIpc) is 2.40. The molecule has 2 N–H and O–H groups in total. The van der Waals surface area contributed by atoms with Gasteiger partial charge in [0.25, 0.3) is 0 Å². The zero-order chi connectivity index (χ0) is 13.7. The van der Waals surface area contributed by atoms with Gasteiger partial charge in [0.15, 0.2) is 6.01 Å². The van der Waals surface area contributed by atoms with Crippen LogP contribution in [0.4, 0.5) is 16.0 Å². The number of benzene rings is 1. The predicted octanol–water partition coefficient (Wildman–Crippen LogP) is 2.09. The second-order valence-corrected chi connectivity index (χ2v) is 5.98. The van der Waals surface area contributed by atoms with E-state index in [-0.39, 0.29) is 5.75 Å². The fourth-order valence-electron chi connectivity index (χ4n) is 1.48. The van der Waals surface area contributed by atoms with Crippen LogP contribution in [0.25, 0.3) is 0 Å². The number of rotatable bonds is 5. The molecule has 0 aliphatic rings. The van der Waals surface area contributed by atoms with Crippen LogP contribution in [0.2, 0.25) is 0 Å². The lowest BCUT2D eigenvalue weighted by molar-refractivity contribution is 0.574. The van der Waals surface area contributed by atoms with Crippen molar-refractivity contribution in [3.8, 4) is 0 Å². The van der Waals surface area contributed by atoms with Crippen LogP contribution in [0.1, 0.15) is 5.56 Å². The number of hydrogen-bond acceptors (Lipinski definition) is 6. The van der Waals surface area contributed by atoms with Crippen molar-refractivity contribution in [2.45, 2.75) is 5.75 Å². The van der Waals surface area contributed by atoms with E-state index in [0.717, 1.165) is 0 Å². The first-order valence-corrected chi connectivity index (χ1v) is 7.27. The van der Waals surface area contributed by atoms with E-state index in [0.29, 0.717) is 17.2 Å². The molecule has 0 bridgehead atoms. The highest BCUT2D eigenvalue weighted by Crippen LogP contribution is 2.16. The molecule has 1 atom stereocenters. The summed E-state index contributed by atoms with van der Waals surface area (Å²) >= 11 is 0. The largest absolute Gasteiger partial charge is 0.324 e. The Morgan fingerprint density at radius 3 is 2.74 bits per heavy atom. The number of nitrogens with zero attached hydrogens (tertiary/aromatic N) is 3. The van der Waals surface area contributed by atoms with E-state index in [1.807, 2.05) is 0 Å². The number of hydrogen-bond donors (Lipinski definition) is 2. The standard InChI is InChI=1S/C11H12FN5OS/c12-6-19(13,18)5-9-2-1-3-10(4-9)17-11-15-7-14-8-16-11/h1-4,7-8,13H,5-6H2,(H,14,15,16,17). The molecule has 0 spiro atoms. The third-order valence-corrected chi connectivity index (χ3v) is 3.40. The second-order valence-electron chi connectivity index (χ2n) is 3.85. The van der Waals surface area contributed by atoms with Gasteiger partial charge in [0.2, 0.25) is 5.95 Å². The van der Waals surface area contributed by atoms with Crippen molar-refractivity contribution >= 4 is 21.4 Å². The molecule has 1 aromatic heterocycles. The Morgan fingerprint density at radius 2 is 2.05 bits per heavy atom. The molecule has 6 nitrogen and oxygen atoms in total. The van der Waals surface area contributed by atoms with E-state index >= 15 is 0 Å². The van der Waals surface area contributed by atoms with Crippen molar-refractivity contribution < 1.29 is 8.60 Å². The van der Waals surface area contributed by atoms with Gasteiger partial charge in [-0.25, -0.2) is 23.6 Å². The first-order chi connectivity index (χ1) is 9.09. The lowest BCUT2D eigenvalue weighted by Gasteiger charge is -2.07. The summed E-state index contributed by atoms with van der Waals surface area (Å²) in [5.41, 5.74) is 1.30.